The van der Waals surface area contributed by atoms with Crippen LogP contribution in [-0.2, 0) is 19.7 Å². The predicted molar refractivity (Wildman–Crippen MR) is 98.9 cm³/mol. The van der Waals surface area contributed by atoms with Gasteiger partial charge in [-0.3, -0.25) is 0 Å². The largest absolute Gasteiger partial charge is 0.489 e. The molecule has 0 saturated heterocycles. The predicted octanol–water partition coefficient (Wildman–Crippen LogP) is 4.86. The normalized spacial score (nSPS) is 10.5. The number of hydrogen-bond donors (Lipinski definition) is 1. The van der Waals surface area contributed by atoms with Gasteiger partial charge in [-0.1, -0.05) is 78.4 Å². The molecular weight excluding hydrogens is 294 g/mol. The molecule has 0 aliphatic rings. The van der Waals surface area contributed by atoms with Crippen molar-refractivity contribution in [2.24, 2.45) is 0 Å². The summed E-state index contributed by atoms with van der Waals surface area (Å²) in [5, 5.41) is 3.50. The fourth-order valence-electron chi connectivity index (χ4n) is 2.57. The van der Waals surface area contributed by atoms with Crippen LogP contribution in [0.25, 0.3) is 0 Å². The van der Waals surface area contributed by atoms with E-state index in [2.05, 4.69) is 60.8 Å². The average molecular weight is 317 g/mol. The van der Waals surface area contributed by atoms with Crippen molar-refractivity contribution >= 4 is 0 Å². The summed E-state index contributed by atoms with van der Waals surface area (Å²) in [5.41, 5.74) is 4.95. The summed E-state index contributed by atoms with van der Waals surface area (Å²) in [6.45, 7) is 4.35. The minimum atomic E-state index is 0.593. The van der Waals surface area contributed by atoms with Crippen LogP contribution in [0.15, 0.2) is 78.9 Å². The first-order valence-electron chi connectivity index (χ1n) is 8.32. The molecule has 2 heteroatoms. The first kappa shape index (κ1) is 16.3. The van der Waals surface area contributed by atoms with E-state index in [0.717, 1.165) is 18.8 Å². The number of rotatable bonds is 7. The number of benzene rings is 3. The lowest BCUT2D eigenvalue weighted by molar-refractivity contribution is 0.302. The molecular formula is C22H23NO. The van der Waals surface area contributed by atoms with Crippen LogP contribution in [0.2, 0.25) is 0 Å². The van der Waals surface area contributed by atoms with Crippen molar-refractivity contribution in [3.8, 4) is 5.75 Å². The van der Waals surface area contributed by atoms with E-state index in [1.807, 2.05) is 30.3 Å². The van der Waals surface area contributed by atoms with Gasteiger partial charge in [0.05, 0.1) is 0 Å². The maximum Gasteiger partial charge on any atom is 0.124 e. The second-order valence-electron chi connectivity index (χ2n) is 5.97. The van der Waals surface area contributed by atoms with E-state index in [4.69, 9.17) is 4.74 Å². The van der Waals surface area contributed by atoms with E-state index >= 15 is 0 Å². The van der Waals surface area contributed by atoms with Crippen molar-refractivity contribution in [3.63, 3.8) is 0 Å². The SMILES string of the molecule is Cc1ccc(CNCc2ccccc2OCc2ccccc2)cc1. The molecule has 0 aliphatic heterocycles. The highest BCUT2D eigenvalue weighted by Crippen LogP contribution is 2.19. The summed E-state index contributed by atoms with van der Waals surface area (Å²) in [7, 11) is 0. The Balaban J connectivity index is 1.56. The molecule has 0 saturated carbocycles. The molecule has 0 radical (unpaired) electrons. The lowest BCUT2D eigenvalue weighted by atomic mass is 10.1. The van der Waals surface area contributed by atoms with Gasteiger partial charge in [-0.25, -0.2) is 0 Å². The van der Waals surface area contributed by atoms with Crippen molar-refractivity contribution in [3.05, 3.63) is 101 Å². The Labute approximate surface area is 144 Å². The van der Waals surface area contributed by atoms with Gasteiger partial charge in [-0.2, -0.15) is 0 Å². The first-order chi connectivity index (χ1) is 11.8. The first-order valence-corrected chi connectivity index (χ1v) is 8.32. The average Bonchev–Trinajstić information content (AvgIpc) is 2.63. The number of para-hydroxylation sites is 1. The molecule has 0 amide bonds. The molecule has 3 aromatic carbocycles. The maximum absolute atomic E-state index is 6.00. The molecule has 0 bridgehead atoms. The van der Waals surface area contributed by atoms with Crippen LogP contribution in [0.3, 0.4) is 0 Å². The van der Waals surface area contributed by atoms with Crippen LogP contribution in [0.4, 0.5) is 0 Å². The fourth-order valence-corrected chi connectivity index (χ4v) is 2.57. The van der Waals surface area contributed by atoms with E-state index < -0.39 is 0 Å². The topological polar surface area (TPSA) is 21.3 Å². The van der Waals surface area contributed by atoms with Gasteiger partial charge in [0.2, 0.25) is 0 Å². The summed E-state index contributed by atoms with van der Waals surface area (Å²) >= 11 is 0. The molecule has 0 spiro atoms. The van der Waals surface area contributed by atoms with Crippen LogP contribution in [-0.4, -0.2) is 0 Å². The van der Waals surface area contributed by atoms with E-state index in [1.54, 1.807) is 0 Å². The maximum atomic E-state index is 6.00. The summed E-state index contributed by atoms with van der Waals surface area (Å²) in [6.07, 6.45) is 0. The highest BCUT2D eigenvalue weighted by molar-refractivity contribution is 5.33. The summed E-state index contributed by atoms with van der Waals surface area (Å²) < 4.78 is 6.00. The molecule has 0 unspecified atom stereocenters. The Morgan fingerprint density at radius 2 is 1.42 bits per heavy atom. The summed E-state index contributed by atoms with van der Waals surface area (Å²) in [6, 6.07) is 27.1. The molecule has 3 aromatic rings. The number of aryl methyl sites for hydroxylation is 1. The highest BCUT2D eigenvalue weighted by atomic mass is 16.5. The van der Waals surface area contributed by atoms with Gasteiger partial charge in [0.15, 0.2) is 0 Å². The quantitative estimate of drug-likeness (QED) is 0.671. The molecule has 0 heterocycles. The Hall–Kier alpha value is -2.58. The molecule has 0 aromatic heterocycles. The van der Waals surface area contributed by atoms with Crippen LogP contribution in [0.1, 0.15) is 22.3 Å². The van der Waals surface area contributed by atoms with Crippen LogP contribution in [0, 0.1) is 6.92 Å². The standard InChI is InChI=1S/C22H23NO/c1-18-11-13-19(14-12-18)15-23-16-21-9-5-6-10-22(21)24-17-20-7-3-2-4-8-20/h2-14,23H,15-17H2,1H3. The minimum Gasteiger partial charge on any atom is -0.489 e. The second-order valence-corrected chi connectivity index (χ2v) is 5.97. The molecule has 2 nitrogen and oxygen atoms in total. The van der Waals surface area contributed by atoms with E-state index in [-0.39, 0.29) is 0 Å². The third-order valence-electron chi connectivity index (χ3n) is 3.97. The zero-order chi connectivity index (χ0) is 16.6. The molecule has 0 fully saturated rings. The molecule has 0 aliphatic carbocycles. The van der Waals surface area contributed by atoms with Gasteiger partial charge in [-0.05, 0) is 24.1 Å². The Kier molecular flexibility index (Phi) is 5.65. The Morgan fingerprint density at radius 1 is 0.708 bits per heavy atom. The van der Waals surface area contributed by atoms with E-state index in [1.165, 1.54) is 22.3 Å². The van der Waals surface area contributed by atoms with Crippen LogP contribution < -0.4 is 10.1 Å². The van der Waals surface area contributed by atoms with Crippen molar-refractivity contribution in [2.45, 2.75) is 26.6 Å². The minimum absolute atomic E-state index is 0.593. The lowest BCUT2D eigenvalue weighted by Gasteiger charge is -2.12. The van der Waals surface area contributed by atoms with Crippen molar-refractivity contribution < 1.29 is 4.74 Å². The third-order valence-corrected chi connectivity index (χ3v) is 3.97. The molecule has 24 heavy (non-hydrogen) atoms. The van der Waals surface area contributed by atoms with E-state index in [9.17, 15) is 0 Å². The number of ether oxygens (including phenoxy) is 1. The highest BCUT2D eigenvalue weighted by Gasteiger charge is 2.03. The van der Waals surface area contributed by atoms with Gasteiger partial charge in [0, 0.05) is 18.7 Å². The Morgan fingerprint density at radius 3 is 2.21 bits per heavy atom. The molecule has 0 atom stereocenters. The van der Waals surface area contributed by atoms with E-state index in [0.29, 0.717) is 6.61 Å². The zero-order valence-corrected chi connectivity index (χ0v) is 14.0. The monoisotopic (exact) mass is 317 g/mol. The molecule has 1 N–H and O–H groups in total. The molecule has 122 valence electrons. The van der Waals surface area contributed by atoms with Gasteiger partial charge in [0.1, 0.15) is 12.4 Å². The van der Waals surface area contributed by atoms with Crippen LogP contribution >= 0.6 is 0 Å². The third kappa shape index (κ3) is 4.71. The van der Waals surface area contributed by atoms with Crippen molar-refractivity contribution in [2.75, 3.05) is 0 Å². The second kappa shape index (κ2) is 8.32. The van der Waals surface area contributed by atoms with Gasteiger partial charge < -0.3 is 10.1 Å². The number of hydrogen-bond acceptors (Lipinski definition) is 2. The Bertz CT molecular complexity index is 750. The molecule has 3 rings (SSSR count). The van der Waals surface area contributed by atoms with Crippen molar-refractivity contribution in [1.29, 1.82) is 0 Å². The van der Waals surface area contributed by atoms with Gasteiger partial charge >= 0.3 is 0 Å². The zero-order valence-electron chi connectivity index (χ0n) is 14.0. The van der Waals surface area contributed by atoms with Crippen molar-refractivity contribution in [1.82, 2.24) is 5.32 Å². The summed E-state index contributed by atoms with van der Waals surface area (Å²) in [5.74, 6) is 0.942. The lowest BCUT2D eigenvalue weighted by Crippen LogP contribution is -2.13. The smallest absolute Gasteiger partial charge is 0.124 e. The number of nitrogens with one attached hydrogen (secondary N) is 1. The van der Waals surface area contributed by atoms with Gasteiger partial charge in [0.25, 0.3) is 0 Å². The van der Waals surface area contributed by atoms with Gasteiger partial charge in [-0.15, -0.1) is 0 Å². The fraction of sp³-hybridized carbons (Fsp3) is 0.182. The summed E-state index contributed by atoms with van der Waals surface area (Å²) in [4.78, 5) is 0. The van der Waals surface area contributed by atoms with Crippen LogP contribution in [0.5, 0.6) is 5.75 Å².